The summed E-state index contributed by atoms with van der Waals surface area (Å²) >= 11 is 5.89. The van der Waals surface area contributed by atoms with E-state index < -0.39 is 0 Å². The minimum Gasteiger partial charge on any atom is -0.314 e. The quantitative estimate of drug-likeness (QED) is 0.775. The summed E-state index contributed by atoms with van der Waals surface area (Å²) in [5.41, 5.74) is 2.58. The molecule has 3 nitrogen and oxygen atoms in total. The average molecular weight is 264 g/mol. The zero-order chi connectivity index (χ0) is 13.0. The molecule has 96 valence electrons. The Labute approximate surface area is 113 Å². The molecule has 0 aliphatic rings. The molecule has 0 saturated heterocycles. The first-order valence-electron chi connectivity index (χ1n) is 6.27. The van der Waals surface area contributed by atoms with Crippen LogP contribution in [-0.4, -0.2) is 14.8 Å². The van der Waals surface area contributed by atoms with Gasteiger partial charge in [0.2, 0.25) is 0 Å². The van der Waals surface area contributed by atoms with E-state index in [1.165, 1.54) is 11.1 Å². The molecule has 0 aliphatic heterocycles. The molecule has 0 bridgehead atoms. The largest absolute Gasteiger partial charge is 0.314 e. The second-order valence-electron chi connectivity index (χ2n) is 4.42. The van der Waals surface area contributed by atoms with E-state index in [9.17, 15) is 0 Å². The number of aryl methyl sites for hydroxylation is 1. The van der Waals surface area contributed by atoms with Crippen LogP contribution in [0.2, 0.25) is 0 Å². The summed E-state index contributed by atoms with van der Waals surface area (Å²) in [7, 11) is 0. The first-order chi connectivity index (χ1) is 8.76. The van der Waals surface area contributed by atoms with Crippen LogP contribution in [0.3, 0.4) is 0 Å². The van der Waals surface area contributed by atoms with Gasteiger partial charge in [-0.3, -0.25) is 0 Å². The molecule has 0 fully saturated rings. The second kappa shape index (κ2) is 6.01. The maximum atomic E-state index is 5.89. The number of aromatic nitrogens is 3. The zero-order valence-electron chi connectivity index (χ0n) is 10.9. The number of benzene rings is 1. The van der Waals surface area contributed by atoms with Gasteiger partial charge in [-0.25, -0.2) is 0 Å². The summed E-state index contributed by atoms with van der Waals surface area (Å²) in [5, 5.41) is 8.43. The van der Waals surface area contributed by atoms with Gasteiger partial charge in [0.15, 0.2) is 0 Å². The average Bonchev–Trinajstić information content (AvgIpc) is 2.75. The fraction of sp³-hybridized carbons (Fsp3) is 0.429. The number of alkyl halides is 1. The van der Waals surface area contributed by atoms with Gasteiger partial charge < -0.3 is 4.57 Å². The van der Waals surface area contributed by atoms with Gasteiger partial charge in [0, 0.05) is 13.0 Å². The Kier molecular flexibility index (Phi) is 4.37. The van der Waals surface area contributed by atoms with Gasteiger partial charge >= 0.3 is 0 Å². The summed E-state index contributed by atoms with van der Waals surface area (Å²) in [6, 6.07) is 8.38. The second-order valence-corrected chi connectivity index (χ2v) is 4.69. The van der Waals surface area contributed by atoms with Crippen LogP contribution in [0.4, 0.5) is 0 Å². The number of nitrogens with zero attached hydrogens (tertiary/aromatic N) is 3. The Bertz CT molecular complexity index is 520. The number of hydrogen-bond acceptors (Lipinski definition) is 2. The molecule has 0 aliphatic carbocycles. The molecule has 1 aromatic heterocycles. The topological polar surface area (TPSA) is 30.7 Å². The van der Waals surface area contributed by atoms with Gasteiger partial charge in [0.25, 0.3) is 0 Å². The molecule has 0 N–H and O–H groups in total. The van der Waals surface area contributed by atoms with E-state index in [1.54, 1.807) is 0 Å². The van der Waals surface area contributed by atoms with Crippen molar-refractivity contribution >= 4 is 11.6 Å². The summed E-state index contributed by atoms with van der Waals surface area (Å²) < 4.78 is 2.14. The lowest BCUT2D eigenvalue weighted by Crippen LogP contribution is -2.07. The van der Waals surface area contributed by atoms with Crippen molar-refractivity contribution in [3.8, 4) is 0 Å². The summed E-state index contributed by atoms with van der Waals surface area (Å²) in [4.78, 5) is 0. The molecule has 2 aromatic rings. The molecule has 0 saturated carbocycles. The third-order valence-electron chi connectivity index (χ3n) is 3.08. The van der Waals surface area contributed by atoms with Crippen LogP contribution in [0.25, 0.3) is 0 Å². The number of hydrogen-bond donors (Lipinski definition) is 0. The molecule has 1 heterocycles. The lowest BCUT2D eigenvalue weighted by molar-refractivity contribution is 0.627. The first-order valence-corrected chi connectivity index (χ1v) is 6.81. The first kappa shape index (κ1) is 13.1. The van der Waals surface area contributed by atoms with Gasteiger partial charge in [-0.1, -0.05) is 31.2 Å². The van der Waals surface area contributed by atoms with Gasteiger partial charge in [0.1, 0.15) is 11.6 Å². The highest BCUT2D eigenvalue weighted by Crippen LogP contribution is 2.14. The van der Waals surface area contributed by atoms with E-state index in [-0.39, 0.29) is 0 Å². The van der Waals surface area contributed by atoms with E-state index in [1.807, 2.05) is 0 Å². The Morgan fingerprint density at radius 1 is 1.17 bits per heavy atom. The predicted octanol–water partition coefficient (Wildman–Crippen LogP) is 3.33. The maximum absolute atomic E-state index is 5.89. The van der Waals surface area contributed by atoms with Crippen LogP contribution >= 0.6 is 11.6 Å². The molecule has 1 aromatic carbocycles. The highest BCUT2D eigenvalue weighted by Gasteiger charge is 2.11. The minimum atomic E-state index is 0.417. The predicted molar refractivity (Wildman–Crippen MR) is 73.9 cm³/mol. The SMILES string of the molecule is CCCn1c(CCl)nnc1Cc1ccccc1C. The molecule has 0 amide bonds. The van der Waals surface area contributed by atoms with Crippen molar-refractivity contribution in [2.45, 2.75) is 39.1 Å². The standard InChI is InChI=1S/C14H18ClN3/c1-3-8-18-13(16-17-14(18)10-15)9-12-7-5-4-6-11(12)2/h4-7H,3,8-10H2,1-2H3. The normalized spacial score (nSPS) is 10.8. The lowest BCUT2D eigenvalue weighted by Gasteiger charge is -2.09. The molecule has 0 radical (unpaired) electrons. The highest BCUT2D eigenvalue weighted by molar-refractivity contribution is 6.16. The van der Waals surface area contributed by atoms with Crippen molar-refractivity contribution in [1.82, 2.24) is 14.8 Å². The number of rotatable bonds is 5. The minimum absolute atomic E-state index is 0.417. The summed E-state index contributed by atoms with van der Waals surface area (Å²) in [5.74, 6) is 2.28. The maximum Gasteiger partial charge on any atom is 0.147 e. The van der Waals surface area contributed by atoms with E-state index in [2.05, 4.69) is 52.9 Å². The van der Waals surface area contributed by atoms with Crippen LogP contribution in [0.15, 0.2) is 24.3 Å². The van der Waals surface area contributed by atoms with Crippen molar-refractivity contribution in [3.05, 3.63) is 47.0 Å². The fourth-order valence-electron chi connectivity index (χ4n) is 2.06. The molecule has 0 unspecified atom stereocenters. The molecule has 4 heteroatoms. The van der Waals surface area contributed by atoms with Crippen LogP contribution in [0.5, 0.6) is 0 Å². The van der Waals surface area contributed by atoms with E-state index >= 15 is 0 Å². The number of halogens is 1. The van der Waals surface area contributed by atoms with Crippen molar-refractivity contribution in [1.29, 1.82) is 0 Å². The van der Waals surface area contributed by atoms with Crippen molar-refractivity contribution in [2.75, 3.05) is 0 Å². The van der Waals surface area contributed by atoms with E-state index in [0.717, 1.165) is 31.0 Å². The van der Waals surface area contributed by atoms with Crippen molar-refractivity contribution in [2.24, 2.45) is 0 Å². The van der Waals surface area contributed by atoms with Gasteiger partial charge in [-0.15, -0.1) is 21.8 Å². The molecular formula is C14H18ClN3. The van der Waals surface area contributed by atoms with Crippen molar-refractivity contribution in [3.63, 3.8) is 0 Å². The van der Waals surface area contributed by atoms with Gasteiger partial charge in [-0.2, -0.15) is 0 Å². The molecule has 2 rings (SSSR count). The van der Waals surface area contributed by atoms with Crippen LogP contribution in [0.1, 0.15) is 36.1 Å². The van der Waals surface area contributed by atoms with Crippen molar-refractivity contribution < 1.29 is 0 Å². The third kappa shape index (κ3) is 2.72. The monoisotopic (exact) mass is 263 g/mol. The molecule has 0 atom stereocenters. The van der Waals surface area contributed by atoms with Gasteiger partial charge in [0.05, 0.1) is 5.88 Å². The molecule has 0 spiro atoms. The molecular weight excluding hydrogens is 246 g/mol. The van der Waals surface area contributed by atoms with Crippen LogP contribution in [0, 0.1) is 6.92 Å². The lowest BCUT2D eigenvalue weighted by atomic mass is 10.1. The summed E-state index contributed by atoms with van der Waals surface area (Å²) in [6.45, 7) is 5.20. The Hall–Kier alpha value is -1.35. The van der Waals surface area contributed by atoms with Gasteiger partial charge in [-0.05, 0) is 24.5 Å². The Balaban J connectivity index is 2.29. The fourth-order valence-corrected chi connectivity index (χ4v) is 2.26. The zero-order valence-corrected chi connectivity index (χ0v) is 11.6. The summed E-state index contributed by atoms with van der Waals surface area (Å²) in [6.07, 6.45) is 1.87. The van der Waals surface area contributed by atoms with Crippen LogP contribution < -0.4 is 0 Å². The van der Waals surface area contributed by atoms with E-state index in [0.29, 0.717) is 5.88 Å². The third-order valence-corrected chi connectivity index (χ3v) is 3.32. The smallest absolute Gasteiger partial charge is 0.147 e. The molecule has 18 heavy (non-hydrogen) atoms. The Morgan fingerprint density at radius 3 is 2.56 bits per heavy atom. The highest BCUT2D eigenvalue weighted by atomic mass is 35.5. The van der Waals surface area contributed by atoms with E-state index in [4.69, 9.17) is 11.6 Å². The Morgan fingerprint density at radius 2 is 1.89 bits per heavy atom. The van der Waals surface area contributed by atoms with Crippen LogP contribution in [-0.2, 0) is 18.8 Å².